The zero-order chi connectivity index (χ0) is 14.3. The molecule has 0 aliphatic carbocycles. The predicted molar refractivity (Wildman–Crippen MR) is 76.8 cm³/mol. The van der Waals surface area contributed by atoms with Gasteiger partial charge in [-0.05, 0) is 36.7 Å². The highest BCUT2D eigenvalue weighted by molar-refractivity contribution is 6.67. The van der Waals surface area contributed by atoms with E-state index in [1.165, 1.54) is 4.90 Å². The summed E-state index contributed by atoms with van der Waals surface area (Å²) in [5.74, 6) is 0.377. The van der Waals surface area contributed by atoms with Crippen LogP contribution in [0.1, 0.15) is 21.5 Å². The van der Waals surface area contributed by atoms with Crippen LogP contribution < -0.4 is 4.90 Å². The normalized spacial score (nSPS) is 13.5. The van der Waals surface area contributed by atoms with Crippen molar-refractivity contribution < 1.29 is 9.59 Å². The molecule has 0 saturated carbocycles. The molecule has 4 nitrogen and oxygen atoms in total. The van der Waals surface area contributed by atoms with E-state index in [4.69, 9.17) is 11.6 Å². The standard InChI is InChI=1S/C15H11ClN2O2/c1-9-4-5-12-11(7-9)13(19)8-10-3-2-6-17-14(10)18(12)15(16)20/h2-7H,8H2,1H3. The van der Waals surface area contributed by atoms with E-state index in [1.54, 1.807) is 30.5 Å². The Kier molecular flexibility index (Phi) is 3.03. The lowest BCUT2D eigenvalue weighted by molar-refractivity contribution is 0.0994. The van der Waals surface area contributed by atoms with E-state index in [-0.39, 0.29) is 12.2 Å². The van der Waals surface area contributed by atoms with E-state index in [9.17, 15) is 9.59 Å². The minimum atomic E-state index is -0.676. The molecule has 0 saturated heterocycles. The van der Waals surface area contributed by atoms with Crippen LogP contribution in [0.3, 0.4) is 0 Å². The van der Waals surface area contributed by atoms with Crippen molar-refractivity contribution in [1.29, 1.82) is 0 Å². The summed E-state index contributed by atoms with van der Waals surface area (Å²) >= 11 is 5.71. The predicted octanol–water partition coefficient (Wildman–Crippen LogP) is 3.63. The summed E-state index contributed by atoms with van der Waals surface area (Å²) in [6.07, 6.45) is 1.79. The number of aromatic nitrogens is 1. The SMILES string of the molecule is Cc1ccc2c(c1)C(=O)Cc1cccnc1N2C(=O)Cl. The Labute approximate surface area is 121 Å². The van der Waals surface area contributed by atoms with Gasteiger partial charge in [0, 0.05) is 23.7 Å². The van der Waals surface area contributed by atoms with Crippen LogP contribution in [0.15, 0.2) is 36.5 Å². The molecule has 3 rings (SSSR count). The van der Waals surface area contributed by atoms with E-state index in [1.807, 2.05) is 13.0 Å². The first-order valence-electron chi connectivity index (χ1n) is 6.15. The Morgan fingerprint density at radius 3 is 2.90 bits per heavy atom. The summed E-state index contributed by atoms with van der Waals surface area (Å²) in [7, 11) is 0. The summed E-state index contributed by atoms with van der Waals surface area (Å²) < 4.78 is 0. The van der Waals surface area contributed by atoms with Crippen LogP contribution in [0.4, 0.5) is 16.3 Å². The molecule has 0 unspecified atom stereocenters. The monoisotopic (exact) mass is 286 g/mol. The second-order valence-electron chi connectivity index (χ2n) is 4.70. The van der Waals surface area contributed by atoms with Gasteiger partial charge in [-0.15, -0.1) is 0 Å². The molecule has 2 heterocycles. The van der Waals surface area contributed by atoms with Gasteiger partial charge in [0.15, 0.2) is 5.78 Å². The second kappa shape index (κ2) is 4.72. The highest BCUT2D eigenvalue weighted by Gasteiger charge is 2.29. The highest BCUT2D eigenvalue weighted by atomic mass is 35.5. The lowest BCUT2D eigenvalue weighted by atomic mass is 10.0. The molecule has 1 aliphatic heterocycles. The molecule has 0 radical (unpaired) electrons. The van der Waals surface area contributed by atoms with Crippen LogP contribution in [-0.2, 0) is 6.42 Å². The summed E-state index contributed by atoms with van der Waals surface area (Å²) in [6.45, 7) is 1.90. The fourth-order valence-corrected chi connectivity index (χ4v) is 2.57. The number of anilines is 2. The topological polar surface area (TPSA) is 50.3 Å². The fraction of sp³-hybridized carbons (Fsp3) is 0.133. The number of hydrogen-bond acceptors (Lipinski definition) is 3. The molecule has 0 spiro atoms. The lowest BCUT2D eigenvalue weighted by Gasteiger charge is -2.20. The number of halogens is 1. The molecule has 0 bridgehead atoms. The maximum absolute atomic E-state index is 12.4. The quantitative estimate of drug-likeness (QED) is 0.549. The summed E-state index contributed by atoms with van der Waals surface area (Å²) in [4.78, 5) is 29.7. The van der Waals surface area contributed by atoms with Crippen molar-refractivity contribution in [2.45, 2.75) is 13.3 Å². The number of amides is 1. The number of carbonyl (C=O) groups is 2. The lowest BCUT2D eigenvalue weighted by Crippen LogP contribution is -2.22. The van der Waals surface area contributed by atoms with Crippen LogP contribution in [0.5, 0.6) is 0 Å². The number of rotatable bonds is 0. The van der Waals surface area contributed by atoms with Crippen LogP contribution in [0.2, 0.25) is 0 Å². The first-order valence-corrected chi connectivity index (χ1v) is 6.53. The first kappa shape index (κ1) is 12.8. The zero-order valence-electron chi connectivity index (χ0n) is 10.8. The molecule has 2 aromatic rings. The van der Waals surface area contributed by atoms with E-state index >= 15 is 0 Å². The van der Waals surface area contributed by atoms with Crippen molar-refractivity contribution in [3.05, 3.63) is 53.2 Å². The number of ketones is 1. The van der Waals surface area contributed by atoms with Crippen molar-refractivity contribution >= 4 is 34.3 Å². The van der Waals surface area contributed by atoms with E-state index < -0.39 is 5.37 Å². The average molecular weight is 287 g/mol. The maximum atomic E-state index is 12.4. The molecule has 1 aliphatic rings. The number of pyridine rings is 1. The van der Waals surface area contributed by atoms with Gasteiger partial charge in [-0.25, -0.2) is 4.98 Å². The van der Waals surface area contributed by atoms with Gasteiger partial charge in [0.05, 0.1) is 5.69 Å². The molecular weight excluding hydrogens is 276 g/mol. The number of carbonyl (C=O) groups excluding carboxylic acids is 2. The van der Waals surface area contributed by atoms with Gasteiger partial charge < -0.3 is 0 Å². The van der Waals surface area contributed by atoms with Crippen molar-refractivity contribution in [2.24, 2.45) is 0 Å². The van der Waals surface area contributed by atoms with Crippen LogP contribution >= 0.6 is 11.6 Å². The Balaban J connectivity index is 2.32. The molecule has 1 aromatic heterocycles. The van der Waals surface area contributed by atoms with Crippen LogP contribution in [-0.4, -0.2) is 16.1 Å². The molecule has 1 aromatic carbocycles. The van der Waals surface area contributed by atoms with Crippen molar-refractivity contribution in [3.63, 3.8) is 0 Å². The van der Waals surface area contributed by atoms with Gasteiger partial charge in [0.2, 0.25) is 0 Å². The summed E-state index contributed by atoms with van der Waals surface area (Å²) in [6, 6.07) is 8.87. The number of benzene rings is 1. The summed E-state index contributed by atoms with van der Waals surface area (Å²) in [5.41, 5.74) is 2.63. The molecule has 0 N–H and O–H groups in total. The van der Waals surface area contributed by atoms with Crippen LogP contribution in [0, 0.1) is 6.92 Å². The molecule has 5 heteroatoms. The Bertz CT molecular complexity index is 728. The number of fused-ring (bicyclic) bond motifs is 2. The summed E-state index contributed by atoms with van der Waals surface area (Å²) in [5, 5.41) is -0.676. The Hall–Kier alpha value is -2.20. The number of nitrogens with zero attached hydrogens (tertiary/aromatic N) is 2. The molecule has 0 atom stereocenters. The average Bonchev–Trinajstić information content (AvgIpc) is 2.53. The first-order chi connectivity index (χ1) is 9.58. The smallest absolute Gasteiger partial charge is 0.294 e. The van der Waals surface area contributed by atoms with Gasteiger partial charge in [-0.3, -0.25) is 14.5 Å². The molecule has 0 fully saturated rings. The number of aryl methyl sites for hydroxylation is 1. The minimum Gasteiger partial charge on any atom is -0.294 e. The fourth-order valence-electron chi connectivity index (χ4n) is 2.40. The van der Waals surface area contributed by atoms with Gasteiger partial charge >= 0.3 is 5.37 Å². The van der Waals surface area contributed by atoms with Crippen molar-refractivity contribution in [1.82, 2.24) is 4.98 Å². The van der Waals surface area contributed by atoms with Crippen LogP contribution in [0.25, 0.3) is 0 Å². The van der Waals surface area contributed by atoms with E-state index in [0.29, 0.717) is 22.6 Å². The van der Waals surface area contributed by atoms with Gasteiger partial charge in [0.1, 0.15) is 5.82 Å². The van der Waals surface area contributed by atoms with Gasteiger partial charge in [-0.1, -0.05) is 17.7 Å². The number of hydrogen-bond donors (Lipinski definition) is 0. The molecule has 20 heavy (non-hydrogen) atoms. The highest BCUT2D eigenvalue weighted by Crippen LogP contribution is 2.35. The van der Waals surface area contributed by atoms with Crippen molar-refractivity contribution in [2.75, 3.05) is 4.90 Å². The van der Waals surface area contributed by atoms with E-state index in [2.05, 4.69) is 4.98 Å². The van der Waals surface area contributed by atoms with Gasteiger partial charge in [0.25, 0.3) is 0 Å². The zero-order valence-corrected chi connectivity index (χ0v) is 11.5. The Morgan fingerprint density at radius 2 is 2.15 bits per heavy atom. The van der Waals surface area contributed by atoms with Crippen molar-refractivity contribution in [3.8, 4) is 0 Å². The second-order valence-corrected chi connectivity index (χ2v) is 5.02. The van der Waals surface area contributed by atoms with E-state index in [0.717, 1.165) is 5.56 Å². The third-order valence-corrected chi connectivity index (χ3v) is 3.47. The van der Waals surface area contributed by atoms with Gasteiger partial charge in [-0.2, -0.15) is 0 Å². The minimum absolute atomic E-state index is 0.0432. The third kappa shape index (κ3) is 1.98. The Morgan fingerprint density at radius 1 is 1.35 bits per heavy atom. The molecule has 1 amide bonds. The third-order valence-electron chi connectivity index (χ3n) is 3.30. The number of Topliss-reactive ketones (excluding diaryl/α,β-unsaturated/α-hetero) is 1. The maximum Gasteiger partial charge on any atom is 0.326 e. The largest absolute Gasteiger partial charge is 0.326 e. The molecule has 100 valence electrons. The molecular formula is C15H11ClN2O2.